The predicted molar refractivity (Wildman–Crippen MR) is 76.1 cm³/mol. The van der Waals surface area contributed by atoms with Crippen molar-refractivity contribution in [3.8, 4) is 0 Å². The first-order valence-electron chi connectivity index (χ1n) is 6.29. The SMILES string of the molecule is CC1(OCc2ccccc2)C(=O)C=[C]1[Sn]([CH3])([CH3])[CH3]. The van der Waals surface area contributed by atoms with E-state index in [0.29, 0.717) is 6.61 Å². The Labute approximate surface area is 113 Å². The molecule has 0 radical (unpaired) electrons. The third-order valence-electron chi connectivity index (χ3n) is 3.44. The van der Waals surface area contributed by atoms with Crippen LogP contribution < -0.4 is 0 Å². The van der Waals surface area contributed by atoms with Crippen molar-refractivity contribution in [2.75, 3.05) is 0 Å². The van der Waals surface area contributed by atoms with Crippen molar-refractivity contribution in [1.29, 1.82) is 0 Å². The Kier molecular flexibility index (Phi) is 3.70. The van der Waals surface area contributed by atoms with Gasteiger partial charge in [-0.05, 0) is 0 Å². The van der Waals surface area contributed by atoms with Gasteiger partial charge in [0.25, 0.3) is 0 Å². The van der Waals surface area contributed by atoms with E-state index in [0.717, 1.165) is 5.56 Å². The van der Waals surface area contributed by atoms with Crippen LogP contribution in [-0.2, 0) is 16.1 Å². The second-order valence-electron chi connectivity index (χ2n) is 5.98. The van der Waals surface area contributed by atoms with Gasteiger partial charge in [-0.25, -0.2) is 0 Å². The summed E-state index contributed by atoms with van der Waals surface area (Å²) in [5.41, 5.74) is 0.464. The Morgan fingerprint density at radius 2 is 1.78 bits per heavy atom. The van der Waals surface area contributed by atoms with Gasteiger partial charge in [-0.3, -0.25) is 0 Å². The number of hydrogen-bond acceptors (Lipinski definition) is 2. The summed E-state index contributed by atoms with van der Waals surface area (Å²) < 4.78 is 7.23. The number of rotatable bonds is 4. The summed E-state index contributed by atoms with van der Waals surface area (Å²) in [6.45, 7) is 2.43. The van der Waals surface area contributed by atoms with Crippen molar-refractivity contribution < 1.29 is 9.53 Å². The molecule has 2 rings (SSSR count). The van der Waals surface area contributed by atoms with E-state index in [4.69, 9.17) is 4.74 Å². The monoisotopic (exact) mass is 352 g/mol. The van der Waals surface area contributed by atoms with E-state index in [9.17, 15) is 4.79 Å². The molecule has 0 fully saturated rings. The average molecular weight is 351 g/mol. The van der Waals surface area contributed by atoms with Crippen LogP contribution >= 0.6 is 0 Å². The van der Waals surface area contributed by atoms with E-state index < -0.39 is 24.0 Å². The number of ether oxygens (including phenoxy) is 1. The molecule has 18 heavy (non-hydrogen) atoms. The zero-order valence-corrected chi connectivity index (χ0v) is 14.3. The van der Waals surface area contributed by atoms with Gasteiger partial charge in [-0.2, -0.15) is 0 Å². The van der Waals surface area contributed by atoms with Gasteiger partial charge in [0.2, 0.25) is 0 Å². The molecule has 0 heterocycles. The van der Waals surface area contributed by atoms with Crippen LogP contribution in [0.2, 0.25) is 14.8 Å². The van der Waals surface area contributed by atoms with Crippen LogP contribution in [0.15, 0.2) is 40.0 Å². The Hall–Kier alpha value is -0.611. The zero-order valence-electron chi connectivity index (χ0n) is 11.5. The third-order valence-corrected chi connectivity index (χ3v) is 9.82. The van der Waals surface area contributed by atoms with Gasteiger partial charge < -0.3 is 0 Å². The number of hydrogen-bond donors (Lipinski definition) is 0. The Morgan fingerprint density at radius 1 is 1.17 bits per heavy atom. The fourth-order valence-corrected chi connectivity index (χ4v) is 8.60. The van der Waals surface area contributed by atoms with E-state index >= 15 is 0 Å². The van der Waals surface area contributed by atoms with Crippen LogP contribution in [-0.4, -0.2) is 29.8 Å². The summed E-state index contributed by atoms with van der Waals surface area (Å²) in [4.78, 5) is 18.8. The summed E-state index contributed by atoms with van der Waals surface area (Å²) >= 11 is -2.21. The fraction of sp³-hybridized carbons (Fsp3) is 0.400. The van der Waals surface area contributed by atoms with Crippen molar-refractivity contribution in [2.24, 2.45) is 0 Å². The standard InChI is InChI=1S/C12H11O2.3CH3.Sn/c1-12(8-7-11(12)13)14-9-10-5-3-2-4-6-10;;;;/h2-7H,9H2,1H3;3*1H3;. The summed E-state index contributed by atoms with van der Waals surface area (Å²) in [6.07, 6.45) is 1.81. The number of carbonyl (C=O) groups is 1. The van der Waals surface area contributed by atoms with Crippen molar-refractivity contribution in [3.05, 3.63) is 45.6 Å². The molecule has 0 spiro atoms. The number of carbonyl (C=O) groups excluding carboxylic acids is 1. The van der Waals surface area contributed by atoms with E-state index in [1.807, 2.05) is 37.3 Å². The molecule has 2 nitrogen and oxygen atoms in total. The van der Waals surface area contributed by atoms with Crippen molar-refractivity contribution in [3.63, 3.8) is 0 Å². The van der Waals surface area contributed by atoms with E-state index in [2.05, 4.69) is 14.8 Å². The Balaban J connectivity index is 2.10. The van der Waals surface area contributed by atoms with Gasteiger partial charge in [-0.1, -0.05) is 0 Å². The molecule has 0 N–H and O–H groups in total. The second-order valence-corrected chi connectivity index (χ2v) is 20.4. The van der Waals surface area contributed by atoms with Crippen LogP contribution in [0.25, 0.3) is 0 Å². The maximum absolute atomic E-state index is 11.9. The van der Waals surface area contributed by atoms with Gasteiger partial charge in [0.05, 0.1) is 0 Å². The van der Waals surface area contributed by atoms with Gasteiger partial charge in [0.1, 0.15) is 0 Å². The zero-order chi connectivity index (χ0) is 13.4. The molecule has 0 bridgehead atoms. The molecule has 96 valence electrons. The van der Waals surface area contributed by atoms with Gasteiger partial charge in [-0.15, -0.1) is 0 Å². The fourth-order valence-electron chi connectivity index (χ4n) is 2.34. The molecule has 0 saturated carbocycles. The van der Waals surface area contributed by atoms with Gasteiger partial charge in [0.15, 0.2) is 0 Å². The first-order chi connectivity index (χ1) is 8.34. The molecular formula is C15H20O2Sn. The van der Waals surface area contributed by atoms with Crippen molar-refractivity contribution in [2.45, 2.75) is 34.0 Å². The molecule has 1 aromatic carbocycles. The van der Waals surface area contributed by atoms with Crippen LogP contribution in [0.3, 0.4) is 0 Å². The Morgan fingerprint density at radius 3 is 2.28 bits per heavy atom. The predicted octanol–water partition coefficient (Wildman–Crippen LogP) is 3.35. The first-order valence-corrected chi connectivity index (χ1v) is 16.3. The quantitative estimate of drug-likeness (QED) is 0.778. The maximum atomic E-state index is 11.9. The molecule has 0 amide bonds. The summed E-state index contributed by atoms with van der Waals surface area (Å²) in [6, 6.07) is 10.0. The molecule has 0 saturated heterocycles. The molecule has 3 heteroatoms. The topological polar surface area (TPSA) is 26.3 Å². The molecule has 1 aliphatic rings. The average Bonchev–Trinajstić information content (AvgIpc) is 2.33. The van der Waals surface area contributed by atoms with E-state index in [1.165, 1.54) is 3.59 Å². The molecule has 1 aliphatic carbocycles. The van der Waals surface area contributed by atoms with Gasteiger partial charge >= 0.3 is 113 Å². The van der Waals surface area contributed by atoms with Gasteiger partial charge in [0, 0.05) is 0 Å². The summed E-state index contributed by atoms with van der Waals surface area (Å²) in [7, 11) is 0. The minimum absolute atomic E-state index is 0.125. The molecule has 1 unspecified atom stereocenters. The second kappa shape index (κ2) is 4.82. The van der Waals surface area contributed by atoms with Crippen LogP contribution in [0.5, 0.6) is 0 Å². The molecule has 1 aromatic rings. The molecule has 1 atom stereocenters. The van der Waals surface area contributed by atoms with Crippen LogP contribution in [0, 0.1) is 0 Å². The van der Waals surface area contributed by atoms with E-state index in [-0.39, 0.29) is 5.78 Å². The van der Waals surface area contributed by atoms with Crippen molar-refractivity contribution in [1.82, 2.24) is 0 Å². The normalized spacial score (nSPS) is 23.6. The molecular weight excluding hydrogens is 331 g/mol. The summed E-state index contributed by atoms with van der Waals surface area (Å²) in [5.74, 6) is 0.125. The summed E-state index contributed by atoms with van der Waals surface area (Å²) in [5, 5.41) is 0. The van der Waals surface area contributed by atoms with Crippen molar-refractivity contribution >= 4 is 24.2 Å². The minimum atomic E-state index is -2.21. The number of benzene rings is 1. The first kappa shape index (κ1) is 13.8. The molecule has 0 aliphatic heterocycles. The molecule has 0 aromatic heterocycles. The van der Waals surface area contributed by atoms with Crippen LogP contribution in [0.4, 0.5) is 0 Å². The van der Waals surface area contributed by atoms with Crippen LogP contribution in [0.1, 0.15) is 12.5 Å². The Bertz CT molecular complexity index is 485. The van der Waals surface area contributed by atoms with E-state index in [1.54, 1.807) is 6.08 Å². The third kappa shape index (κ3) is 2.54. The number of ketones is 1.